The molecular weight excluding hydrogens is 262 g/mol. The van der Waals surface area contributed by atoms with Crippen LogP contribution in [0.25, 0.3) is 0 Å². The normalized spacial score (nSPS) is 17.2. The number of amides is 1. The van der Waals surface area contributed by atoms with Crippen LogP contribution in [0.5, 0.6) is 0 Å². The van der Waals surface area contributed by atoms with Crippen LogP contribution in [0.4, 0.5) is 11.4 Å². The zero-order chi connectivity index (χ0) is 14.8. The number of para-hydroxylation sites is 2. The number of carbonyl (C=O) groups is 1. The lowest BCUT2D eigenvalue weighted by Gasteiger charge is -2.33. The Morgan fingerprint density at radius 1 is 1.19 bits per heavy atom. The molecule has 0 aliphatic carbocycles. The number of nitrogens with two attached hydrogens (primary N) is 1. The van der Waals surface area contributed by atoms with Gasteiger partial charge in [-0.25, -0.2) is 0 Å². The Bertz CT molecular complexity index is 669. The molecule has 3 rings (SSSR count). The molecule has 0 radical (unpaired) electrons. The van der Waals surface area contributed by atoms with Crippen LogP contribution in [0, 0.1) is 5.92 Å². The third-order valence-corrected chi connectivity index (χ3v) is 3.90. The van der Waals surface area contributed by atoms with Crippen LogP contribution in [0.3, 0.4) is 0 Å². The minimum Gasteiger partial charge on any atom is -0.323 e. The second-order valence-electron chi connectivity index (χ2n) is 5.54. The van der Waals surface area contributed by atoms with Gasteiger partial charge >= 0.3 is 0 Å². The number of hydrazine groups is 1. The average Bonchev–Trinajstić information content (AvgIpc) is 2.53. The maximum Gasteiger partial charge on any atom is 0.260 e. The van der Waals surface area contributed by atoms with Crippen molar-refractivity contribution in [1.82, 2.24) is 0 Å². The third-order valence-electron chi connectivity index (χ3n) is 3.90. The van der Waals surface area contributed by atoms with Crippen molar-refractivity contribution in [2.45, 2.75) is 13.3 Å². The monoisotopic (exact) mass is 281 g/mol. The Kier molecular flexibility index (Phi) is 3.62. The number of benzene rings is 2. The molecule has 0 aromatic heterocycles. The Morgan fingerprint density at radius 3 is 2.71 bits per heavy atom. The van der Waals surface area contributed by atoms with E-state index in [2.05, 4.69) is 18.4 Å². The maximum absolute atomic E-state index is 12.9. The molecule has 1 aliphatic heterocycles. The highest BCUT2D eigenvalue weighted by atomic mass is 16.2. The van der Waals surface area contributed by atoms with Crippen molar-refractivity contribution < 1.29 is 4.79 Å². The van der Waals surface area contributed by atoms with Gasteiger partial charge in [-0.15, -0.1) is 0 Å². The van der Waals surface area contributed by atoms with E-state index in [1.807, 2.05) is 41.3 Å². The van der Waals surface area contributed by atoms with Crippen molar-refractivity contribution in [2.75, 3.05) is 16.9 Å². The van der Waals surface area contributed by atoms with E-state index in [1.54, 1.807) is 6.07 Å². The molecule has 2 aromatic carbocycles. The molecule has 1 atom stereocenters. The van der Waals surface area contributed by atoms with Crippen LogP contribution in [-0.2, 0) is 6.42 Å². The molecule has 0 spiro atoms. The summed E-state index contributed by atoms with van der Waals surface area (Å²) < 4.78 is 0. The number of hydrogen-bond donors (Lipinski definition) is 2. The van der Waals surface area contributed by atoms with E-state index in [-0.39, 0.29) is 5.91 Å². The molecule has 1 unspecified atom stereocenters. The van der Waals surface area contributed by atoms with Gasteiger partial charge in [0.15, 0.2) is 0 Å². The van der Waals surface area contributed by atoms with Gasteiger partial charge in [0, 0.05) is 12.2 Å². The number of hydrogen-bond acceptors (Lipinski definition) is 3. The zero-order valence-corrected chi connectivity index (χ0v) is 12.0. The molecule has 4 nitrogen and oxygen atoms in total. The first-order chi connectivity index (χ1) is 10.2. The molecule has 0 bridgehead atoms. The lowest BCUT2D eigenvalue weighted by molar-refractivity contribution is 0.0981. The molecule has 2 aromatic rings. The molecule has 21 heavy (non-hydrogen) atoms. The van der Waals surface area contributed by atoms with Gasteiger partial charge in [0.2, 0.25) is 0 Å². The van der Waals surface area contributed by atoms with Crippen molar-refractivity contribution in [3.63, 3.8) is 0 Å². The molecule has 108 valence electrons. The summed E-state index contributed by atoms with van der Waals surface area (Å²) in [4.78, 5) is 14.8. The number of rotatable bonds is 2. The first kappa shape index (κ1) is 13.6. The van der Waals surface area contributed by atoms with E-state index in [0.717, 1.165) is 18.7 Å². The van der Waals surface area contributed by atoms with E-state index >= 15 is 0 Å². The van der Waals surface area contributed by atoms with Gasteiger partial charge in [-0.1, -0.05) is 37.3 Å². The quantitative estimate of drug-likeness (QED) is 0.657. The SMILES string of the molecule is CC1Cc2ccccc2N(C(=O)c2ccccc2NN)C1. The summed E-state index contributed by atoms with van der Waals surface area (Å²) in [7, 11) is 0. The predicted molar refractivity (Wildman–Crippen MR) is 85.2 cm³/mol. The third kappa shape index (κ3) is 2.50. The smallest absolute Gasteiger partial charge is 0.260 e. The lowest BCUT2D eigenvalue weighted by Crippen LogP contribution is -2.39. The second kappa shape index (κ2) is 5.58. The van der Waals surface area contributed by atoms with Crippen molar-refractivity contribution >= 4 is 17.3 Å². The minimum absolute atomic E-state index is 0.0115. The van der Waals surface area contributed by atoms with Crippen LogP contribution in [-0.4, -0.2) is 12.5 Å². The number of carbonyl (C=O) groups excluding carboxylic acids is 1. The van der Waals surface area contributed by atoms with Crippen molar-refractivity contribution in [3.8, 4) is 0 Å². The highest BCUT2D eigenvalue weighted by Crippen LogP contribution is 2.31. The minimum atomic E-state index is -0.0115. The largest absolute Gasteiger partial charge is 0.323 e. The predicted octanol–water partition coefficient (Wildman–Crippen LogP) is 2.81. The molecule has 1 aliphatic rings. The van der Waals surface area contributed by atoms with Gasteiger partial charge in [0.05, 0.1) is 11.3 Å². The summed E-state index contributed by atoms with van der Waals surface area (Å²) in [6.45, 7) is 2.90. The first-order valence-corrected chi connectivity index (χ1v) is 7.16. The Labute approximate surface area is 124 Å². The fourth-order valence-corrected chi connectivity index (χ4v) is 2.93. The number of nitrogens with zero attached hydrogens (tertiary/aromatic N) is 1. The zero-order valence-electron chi connectivity index (χ0n) is 12.0. The Balaban J connectivity index is 2.02. The fraction of sp³-hybridized carbons (Fsp3) is 0.235. The molecular formula is C17H19N3O. The molecule has 1 amide bonds. The molecule has 3 N–H and O–H groups in total. The maximum atomic E-state index is 12.9. The summed E-state index contributed by atoms with van der Waals surface area (Å²) in [5, 5.41) is 0. The molecule has 1 heterocycles. The van der Waals surface area contributed by atoms with Gasteiger partial charge in [0.25, 0.3) is 5.91 Å². The van der Waals surface area contributed by atoms with Gasteiger partial charge in [0.1, 0.15) is 0 Å². The topological polar surface area (TPSA) is 58.4 Å². The van der Waals surface area contributed by atoms with Crippen molar-refractivity contribution in [1.29, 1.82) is 0 Å². The van der Waals surface area contributed by atoms with E-state index < -0.39 is 0 Å². The van der Waals surface area contributed by atoms with Crippen LogP contribution in [0.1, 0.15) is 22.8 Å². The van der Waals surface area contributed by atoms with Crippen molar-refractivity contribution in [2.24, 2.45) is 11.8 Å². The Morgan fingerprint density at radius 2 is 1.90 bits per heavy atom. The molecule has 0 saturated heterocycles. The van der Waals surface area contributed by atoms with Crippen LogP contribution >= 0.6 is 0 Å². The number of nitrogens with one attached hydrogen (secondary N) is 1. The summed E-state index contributed by atoms with van der Waals surface area (Å²) in [6, 6.07) is 15.4. The van der Waals surface area contributed by atoms with E-state index in [4.69, 9.17) is 5.84 Å². The summed E-state index contributed by atoms with van der Waals surface area (Å²) in [6.07, 6.45) is 1.01. The number of anilines is 2. The second-order valence-corrected chi connectivity index (χ2v) is 5.54. The highest BCUT2D eigenvalue weighted by molar-refractivity contribution is 6.10. The van der Waals surface area contributed by atoms with Gasteiger partial charge < -0.3 is 10.3 Å². The highest BCUT2D eigenvalue weighted by Gasteiger charge is 2.27. The van der Waals surface area contributed by atoms with Gasteiger partial charge in [-0.3, -0.25) is 10.6 Å². The number of fused-ring (bicyclic) bond motifs is 1. The summed E-state index contributed by atoms with van der Waals surface area (Å²) in [5.74, 6) is 5.95. The van der Waals surface area contributed by atoms with E-state index in [1.165, 1.54) is 5.56 Å². The Hall–Kier alpha value is -2.33. The average molecular weight is 281 g/mol. The molecule has 4 heteroatoms. The van der Waals surface area contributed by atoms with Gasteiger partial charge in [-0.05, 0) is 36.1 Å². The lowest BCUT2D eigenvalue weighted by atomic mass is 9.93. The van der Waals surface area contributed by atoms with Gasteiger partial charge in [-0.2, -0.15) is 0 Å². The van der Waals surface area contributed by atoms with Crippen LogP contribution in [0.2, 0.25) is 0 Å². The van der Waals surface area contributed by atoms with Crippen LogP contribution < -0.4 is 16.2 Å². The van der Waals surface area contributed by atoms with E-state index in [9.17, 15) is 4.79 Å². The first-order valence-electron chi connectivity index (χ1n) is 7.16. The van der Waals surface area contributed by atoms with Crippen molar-refractivity contribution in [3.05, 3.63) is 59.7 Å². The van der Waals surface area contributed by atoms with Crippen LogP contribution in [0.15, 0.2) is 48.5 Å². The molecule has 0 fully saturated rings. The summed E-state index contributed by atoms with van der Waals surface area (Å²) in [5.41, 5.74) is 6.09. The molecule has 0 saturated carbocycles. The summed E-state index contributed by atoms with van der Waals surface area (Å²) >= 11 is 0. The fourth-order valence-electron chi connectivity index (χ4n) is 2.93. The standard InChI is InChI=1S/C17H19N3O/c1-12-10-13-6-2-5-9-16(13)20(11-12)17(21)14-7-3-4-8-15(14)19-18/h2-9,12,19H,10-11,18H2,1H3. The number of nitrogen functional groups attached to an aromatic ring is 1. The van der Waals surface area contributed by atoms with E-state index in [0.29, 0.717) is 17.2 Å².